The van der Waals surface area contributed by atoms with Gasteiger partial charge < -0.3 is 19.7 Å². The Morgan fingerprint density at radius 2 is 2.24 bits per heavy atom. The van der Waals surface area contributed by atoms with Crippen molar-refractivity contribution in [3.63, 3.8) is 0 Å². The van der Waals surface area contributed by atoms with E-state index in [0.29, 0.717) is 51.1 Å². The summed E-state index contributed by atoms with van der Waals surface area (Å²) in [4.78, 5) is 22.1. The molecule has 1 aromatic heterocycles. The second-order valence-corrected chi connectivity index (χ2v) is 5.06. The molecule has 0 unspecified atom stereocenters. The van der Waals surface area contributed by atoms with E-state index < -0.39 is 0 Å². The maximum Gasteiger partial charge on any atom is 0.225 e. The fraction of sp³-hybridized carbons (Fsp3) is 0.643. The molecule has 0 spiro atoms. The predicted octanol–water partition coefficient (Wildman–Crippen LogP) is 0.925. The van der Waals surface area contributed by atoms with E-state index in [-0.39, 0.29) is 12.0 Å². The van der Waals surface area contributed by atoms with Gasteiger partial charge in [0.05, 0.1) is 19.3 Å². The summed E-state index contributed by atoms with van der Waals surface area (Å²) in [5.74, 6) is 1.13. The first kappa shape index (κ1) is 15.5. The standard InChI is InChI=1S/C14H22N4O3/c1-11(2)21-12-3-5-15-14(17-12)16-6-4-13(19)18-7-9-20-10-8-18/h3,5,11H,4,6-10H2,1-2H3,(H,15,16,17). The van der Waals surface area contributed by atoms with Crippen LogP contribution in [-0.4, -0.2) is 59.7 Å². The first-order chi connectivity index (χ1) is 10.1. The highest BCUT2D eigenvalue weighted by Crippen LogP contribution is 2.10. The Hall–Kier alpha value is -1.89. The molecule has 0 radical (unpaired) electrons. The van der Waals surface area contributed by atoms with Gasteiger partial charge in [-0.2, -0.15) is 4.98 Å². The molecule has 1 aliphatic rings. The summed E-state index contributed by atoms with van der Waals surface area (Å²) >= 11 is 0. The van der Waals surface area contributed by atoms with Crippen molar-refractivity contribution in [1.29, 1.82) is 0 Å². The highest BCUT2D eigenvalue weighted by molar-refractivity contribution is 5.76. The van der Waals surface area contributed by atoms with E-state index in [9.17, 15) is 4.79 Å². The molecule has 7 heteroatoms. The van der Waals surface area contributed by atoms with Crippen LogP contribution in [0.2, 0.25) is 0 Å². The van der Waals surface area contributed by atoms with Crippen molar-refractivity contribution < 1.29 is 14.3 Å². The molecule has 1 aliphatic heterocycles. The summed E-state index contributed by atoms with van der Waals surface area (Å²) in [6, 6.07) is 1.71. The molecule has 116 valence electrons. The zero-order valence-electron chi connectivity index (χ0n) is 12.5. The number of carbonyl (C=O) groups excluding carboxylic acids is 1. The second-order valence-electron chi connectivity index (χ2n) is 5.06. The number of amides is 1. The topological polar surface area (TPSA) is 76.6 Å². The van der Waals surface area contributed by atoms with E-state index in [0.717, 1.165) is 0 Å². The predicted molar refractivity (Wildman–Crippen MR) is 78.3 cm³/mol. The maximum absolute atomic E-state index is 12.0. The molecule has 2 heterocycles. The number of anilines is 1. The van der Waals surface area contributed by atoms with Crippen LogP contribution in [0, 0.1) is 0 Å². The molecule has 1 fully saturated rings. The van der Waals surface area contributed by atoms with E-state index in [2.05, 4.69) is 15.3 Å². The fourth-order valence-electron chi connectivity index (χ4n) is 1.99. The Morgan fingerprint density at radius 3 is 2.95 bits per heavy atom. The van der Waals surface area contributed by atoms with Crippen LogP contribution in [0.25, 0.3) is 0 Å². The number of hydrogen-bond acceptors (Lipinski definition) is 6. The van der Waals surface area contributed by atoms with Crippen LogP contribution >= 0.6 is 0 Å². The molecule has 21 heavy (non-hydrogen) atoms. The molecule has 2 rings (SSSR count). The number of rotatable bonds is 6. The average Bonchev–Trinajstić information content (AvgIpc) is 2.48. The van der Waals surface area contributed by atoms with Crippen molar-refractivity contribution in [2.75, 3.05) is 38.2 Å². The van der Waals surface area contributed by atoms with Crippen molar-refractivity contribution in [2.45, 2.75) is 26.4 Å². The lowest BCUT2D eigenvalue weighted by molar-refractivity contribution is -0.134. The molecule has 0 saturated carbocycles. The largest absolute Gasteiger partial charge is 0.475 e. The third-order valence-corrected chi connectivity index (χ3v) is 2.97. The zero-order chi connectivity index (χ0) is 15.1. The molecule has 0 aromatic carbocycles. The molecular formula is C14H22N4O3. The van der Waals surface area contributed by atoms with Gasteiger partial charge in [0.1, 0.15) is 0 Å². The van der Waals surface area contributed by atoms with Gasteiger partial charge in [-0.25, -0.2) is 4.98 Å². The number of carbonyl (C=O) groups is 1. The van der Waals surface area contributed by atoms with Crippen LogP contribution < -0.4 is 10.1 Å². The SMILES string of the molecule is CC(C)Oc1ccnc(NCCC(=O)N2CCOCC2)n1. The normalized spacial score (nSPS) is 15.1. The van der Waals surface area contributed by atoms with Gasteiger partial charge in [-0.3, -0.25) is 4.79 Å². The molecule has 1 saturated heterocycles. The zero-order valence-corrected chi connectivity index (χ0v) is 12.5. The summed E-state index contributed by atoms with van der Waals surface area (Å²) in [6.07, 6.45) is 2.12. The molecule has 1 aromatic rings. The minimum Gasteiger partial charge on any atom is -0.475 e. The molecule has 0 bridgehead atoms. The summed E-state index contributed by atoms with van der Waals surface area (Å²) < 4.78 is 10.7. The number of aromatic nitrogens is 2. The Balaban J connectivity index is 1.76. The molecule has 7 nitrogen and oxygen atoms in total. The lowest BCUT2D eigenvalue weighted by atomic mass is 10.3. The molecule has 1 amide bonds. The van der Waals surface area contributed by atoms with Gasteiger partial charge in [-0.05, 0) is 13.8 Å². The third-order valence-electron chi connectivity index (χ3n) is 2.97. The maximum atomic E-state index is 12.0. The number of morpholine rings is 1. The Kier molecular flexibility index (Phi) is 5.74. The number of nitrogens with zero attached hydrogens (tertiary/aromatic N) is 3. The lowest BCUT2D eigenvalue weighted by Crippen LogP contribution is -2.41. The van der Waals surface area contributed by atoms with Gasteiger partial charge >= 0.3 is 0 Å². The molecule has 1 N–H and O–H groups in total. The van der Waals surface area contributed by atoms with Crippen LogP contribution in [0.5, 0.6) is 5.88 Å². The summed E-state index contributed by atoms with van der Waals surface area (Å²) in [7, 11) is 0. The Morgan fingerprint density at radius 1 is 1.48 bits per heavy atom. The molecule has 0 aliphatic carbocycles. The molecular weight excluding hydrogens is 272 g/mol. The highest BCUT2D eigenvalue weighted by atomic mass is 16.5. The van der Waals surface area contributed by atoms with E-state index in [1.54, 1.807) is 12.3 Å². The van der Waals surface area contributed by atoms with Crippen molar-refractivity contribution in [3.8, 4) is 5.88 Å². The van der Waals surface area contributed by atoms with Gasteiger partial charge in [0.2, 0.25) is 17.7 Å². The van der Waals surface area contributed by atoms with Crippen molar-refractivity contribution in [3.05, 3.63) is 12.3 Å². The van der Waals surface area contributed by atoms with E-state index in [4.69, 9.17) is 9.47 Å². The molecule has 0 atom stereocenters. The van der Waals surface area contributed by atoms with Crippen molar-refractivity contribution >= 4 is 11.9 Å². The van der Waals surface area contributed by atoms with Gasteiger partial charge in [0.25, 0.3) is 0 Å². The van der Waals surface area contributed by atoms with Crippen LogP contribution in [0.3, 0.4) is 0 Å². The summed E-state index contributed by atoms with van der Waals surface area (Å²) in [5.41, 5.74) is 0. The third kappa shape index (κ3) is 5.18. The van der Waals surface area contributed by atoms with Crippen LogP contribution in [0.1, 0.15) is 20.3 Å². The van der Waals surface area contributed by atoms with Crippen molar-refractivity contribution in [1.82, 2.24) is 14.9 Å². The van der Waals surface area contributed by atoms with E-state index >= 15 is 0 Å². The fourth-order valence-corrected chi connectivity index (χ4v) is 1.99. The van der Waals surface area contributed by atoms with Gasteiger partial charge in [0, 0.05) is 38.3 Å². The Labute approximate surface area is 124 Å². The quantitative estimate of drug-likeness (QED) is 0.841. The summed E-state index contributed by atoms with van der Waals surface area (Å²) in [5, 5.41) is 3.05. The average molecular weight is 294 g/mol. The van der Waals surface area contributed by atoms with Crippen molar-refractivity contribution in [2.24, 2.45) is 0 Å². The van der Waals surface area contributed by atoms with E-state index in [1.165, 1.54) is 0 Å². The van der Waals surface area contributed by atoms with Crippen LogP contribution in [0.4, 0.5) is 5.95 Å². The minimum absolute atomic E-state index is 0.0654. The first-order valence-electron chi connectivity index (χ1n) is 7.24. The number of nitrogens with one attached hydrogen (secondary N) is 1. The van der Waals surface area contributed by atoms with Gasteiger partial charge in [0.15, 0.2) is 0 Å². The van der Waals surface area contributed by atoms with Crippen LogP contribution in [-0.2, 0) is 9.53 Å². The monoisotopic (exact) mass is 294 g/mol. The summed E-state index contributed by atoms with van der Waals surface area (Å²) in [6.45, 7) is 6.97. The number of hydrogen-bond donors (Lipinski definition) is 1. The lowest BCUT2D eigenvalue weighted by Gasteiger charge is -2.26. The smallest absolute Gasteiger partial charge is 0.225 e. The van der Waals surface area contributed by atoms with Crippen LogP contribution in [0.15, 0.2) is 12.3 Å². The second kappa shape index (κ2) is 7.78. The van der Waals surface area contributed by atoms with E-state index in [1.807, 2.05) is 18.7 Å². The minimum atomic E-state index is 0.0654. The van der Waals surface area contributed by atoms with Gasteiger partial charge in [-0.15, -0.1) is 0 Å². The highest BCUT2D eigenvalue weighted by Gasteiger charge is 2.16. The number of ether oxygens (including phenoxy) is 2. The first-order valence-corrected chi connectivity index (χ1v) is 7.24. The van der Waals surface area contributed by atoms with Gasteiger partial charge in [-0.1, -0.05) is 0 Å². The Bertz CT molecular complexity index is 461.